The van der Waals surface area contributed by atoms with Crippen molar-refractivity contribution in [2.75, 3.05) is 0 Å². The molecule has 0 unspecified atom stereocenters. The number of carbonyl (C=O) groups is 1. The van der Waals surface area contributed by atoms with E-state index in [0.717, 1.165) is 5.56 Å². The van der Waals surface area contributed by atoms with E-state index in [-0.39, 0.29) is 12.6 Å². The van der Waals surface area contributed by atoms with Crippen molar-refractivity contribution in [1.82, 2.24) is 0 Å². The van der Waals surface area contributed by atoms with Crippen molar-refractivity contribution in [1.29, 1.82) is 0 Å². The van der Waals surface area contributed by atoms with Crippen LogP contribution in [0.3, 0.4) is 0 Å². The zero-order chi connectivity index (χ0) is 13.1. The van der Waals surface area contributed by atoms with Crippen LogP contribution in [0.5, 0.6) is 0 Å². The highest BCUT2D eigenvalue weighted by molar-refractivity contribution is 7.12. The second-order valence-corrected chi connectivity index (χ2v) is 5.44. The highest BCUT2D eigenvalue weighted by Gasteiger charge is 2.14. The predicted octanol–water partition coefficient (Wildman–Crippen LogP) is 4.72. The summed E-state index contributed by atoms with van der Waals surface area (Å²) in [5, 5.41) is 2.85. The van der Waals surface area contributed by atoms with E-state index < -0.39 is 0 Å². The van der Waals surface area contributed by atoms with Gasteiger partial charge in [0.25, 0.3) is 0 Å². The average Bonchev–Trinajstić information content (AvgIpc) is 2.74. The highest BCUT2D eigenvalue weighted by Crippen LogP contribution is 2.26. The second kappa shape index (κ2) is 5.74. The number of esters is 1. The molecule has 0 radical (unpaired) electrons. The van der Waals surface area contributed by atoms with Gasteiger partial charge in [-0.1, -0.05) is 29.3 Å². The number of hydrogen-bond acceptors (Lipinski definition) is 3. The molecule has 1 aromatic heterocycles. The second-order valence-electron chi connectivity index (χ2n) is 3.71. The molecule has 0 saturated carbocycles. The van der Waals surface area contributed by atoms with E-state index in [0.29, 0.717) is 20.5 Å². The molecule has 0 saturated heterocycles. The number of benzene rings is 1. The van der Waals surface area contributed by atoms with Crippen LogP contribution in [0.2, 0.25) is 10.0 Å². The third-order valence-corrected chi connectivity index (χ3v) is 4.16. The maximum atomic E-state index is 11.8. The molecular weight excluding hydrogens is 291 g/mol. The van der Waals surface area contributed by atoms with Gasteiger partial charge in [-0.25, -0.2) is 4.79 Å². The maximum absolute atomic E-state index is 11.8. The van der Waals surface area contributed by atoms with Gasteiger partial charge in [0.15, 0.2) is 0 Å². The SMILES string of the molecule is Cc1ccsc1C(=O)OCc1c(Cl)cccc1Cl. The maximum Gasteiger partial charge on any atom is 0.348 e. The van der Waals surface area contributed by atoms with Crippen LogP contribution in [-0.2, 0) is 11.3 Å². The van der Waals surface area contributed by atoms with Gasteiger partial charge in [-0.05, 0) is 36.1 Å². The minimum absolute atomic E-state index is 0.0781. The molecular formula is C13H10Cl2O2S. The topological polar surface area (TPSA) is 26.3 Å². The molecule has 0 bridgehead atoms. The van der Waals surface area contributed by atoms with E-state index in [1.54, 1.807) is 18.2 Å². The van der Waals surface area contributed by atoms with Gasteiger partial charge < -0.3 is 4.74 Å². The van der Waals surface area contributed by atoms with Crippen LogP contribution in [-0.4, -0.2) is 5.97 Å². The lowest BCUT2D eigenvalue weighted by Crippen LogP contribution is -2.05. The largest absolute Gasteiger partial charge is 0.457 e. The van der Waals surface area contributed by atoms with Gasteiger partial charge in [0, 0.05) is 15.6 Å². The zero-order valence-corrected chi connectivity index (χ0v) is 11.9. The summed E-state index contributed by atoms with van der Waals surface area (Å²) < 4.78 is 5.22. The molecule has 1 heterocycles. The third kappa shape index (κ3) is 2.86. The molecule has 0 aliphatic heterocycles. The Labute approximate surface area is 119 Å². The van der Waals surface area contributed by atoms with Crippen molar-refractivity contribution in [2.45, 2.75) is 13.5 Å². The van der Waals surface area contributed by atoms with E-state index >= 15 is 0 Å². The van der Waals surface area contributed by atoms with Crippen LogP contribution in [0.1, 0.15) is 20.8 Å². The van der Waals surface area contributed by atoms with E-state index in [1.807, 2.05) is 18.4 Å². The first-order chi connectivity index (χ1) is 8.59. The Hall–Kier alpha value is -1.03. The van der Waals surface area contributed by atoms with Crippen LogP contribution < -0.4 is 0 Å². The first-order valence-corrected chi connectivity index (χ1v) is 6.87. The number of halogens is 2. The predicted molar refractivity (Wildman–Crippen MR) is 74.6 cm³/mol. The quantitative estimate of drug-likeness (QED) is 0.767. The summed E-state index contributed by atoms with van der Waals surface area (Å²) in [6.45, 7) is 1.95. The Bertz CT molecular complexity index is 558. The minimum atomic E-state index is -0.349. The molecule has 5 heteroatoms. The Morgan fingerprint density at radius 1 is 1.28 bits per heavy atom. The Morgan fingerprint density at radius 3 is 2.50 bits per heavy atom. The molecule has 0 aliphatic rings. The van der Waals surface area contributed by atoms with Crippen LogP contribution in [0.4, 0.5) is 0 Å². The molecule has 0 aliphatic carbocycles. The Balaban J connectivity index is 2.09. The number of thiophene rings is 1. The van der Waals surface area contributed by atoms with Gasteiger partial charge in [-0.2, -0.15) is 0 Å². The van der Waals surface area contributed by atoms with Crippen LogP contribution in [0.25, 0.3) is 0 Å². The average molecular weight is 301 g/mol. The minimum Gasteiger partial charge on any atom is -0.457 e. The Morgan fingerprint density at radius 2 is 1.94 bits per heavy atom. The number of ether oxygens (including phenoxy) is 1. The van der Waals surface area contributed by atoms with Gasteiger partial charge in [0.05, 0.1) is 0 Å². The smallest absolute Gasteiger partial charge is 0.348 e. The standard InChI is InChI=1S/C13H10Cl2O2S/c1-8-5-6-18-12(8)13(16)17-7-9-10(14)3-2-4-11(9)15/h2-6H,7H2,1H3. The molecule has 1 aromatic carbocycles. The summed E-state index contributed by atoms with van der Waals surface area (Å²) in [4.78, 5) is 12.4. The molecule has 2 nitrogen and oxygen atoms in total. The lowest BCUT2D eigenvalue weighted by atomic mass is 10.2. The Kier molecular flexibility index (Phi) is 4.27. The summed E-state index contributed by atoms with van der Waals surface area (Å²) in [7, 11) is 0. The van der Waals surface area contributed by atoms with E-state index in [9.17, 15) is 4.79 Å². The molecule has 0 atom stereocenters. The molecule has 94 valence electrons. The summed E-state index contributed by atoms with van der Waals surface area (Å²) in [6, 6.07) is 7.06. The van der Waals surface area contributed by atoms with Crippen molar-refractivity contribution in [2.24, 2.45) is 0 Å². The van der Waals surface area contributed by atoms with Crippen LogP contribution in [0.15, 0.2) is 29.6 Å². The fourth-order valence-corrected chi connectivity index (χ4v) is 2.78. The molecule has 0 fully saturated rings. The summed E-state index contributed by atoms with van der Waals surface area (Å²) in [6.07, 6.45) is 0. The van der Waals surface area contributed by atoms with Gasteiger partial charge in [0.1, 0.15) is 11.5 Å². The zero-order valence-electron chi connectivity index (χ0n) is 9.57. The normalized spacial score (nSPS) is 10.4. The molecule has 0 N–H and O–H groups in total. The summed E-state index contributed by atoms with van der Waals surface area (Å²) in [5.74, 6) is -0.349. The molecule has 18 heavy (non-hydrogen) atoms. The van der Waals surface area contributed by atoms with Gasteiger partial charge in [-0.15, -0.1) is 11.3 Å². The highest BCUT2D eigenvalue weighted by atomic mass is 35.5. The summed E-state index contributed by atoms with van der Waals surface area (Å²) in [5.41, 5.74) is 1.54. The van der Waals surface area contributed by atoms with Crippen LogP contribution >= 0.6 is 34.5 Å². The van der Waals surface area contributed by atoms with E-state index in [2.05, 4.69) is 0 Å². The molecule has 0 spiro atoms. The van der Waals surface area contributed by atoms with Crippen molar-refractivity contribution < 1.29 is 9.53 Å². The first kappa shape index (κ1) is 13.4. The van der Waals surface area contributed by atoms with Crippen molar-refractivity contribution in [3.63, 3.8) is 0 Å². The van der Waals surface area contributed by atoms with Gasteiger partial charge in [-0.3, -0.25) is 0 Å². The molecule has 2 aromatic rings. The van der Waals surface area contributed by atoms with Crippen molar-refractivity contribution >= 4 is 40.5 Å². The number of rotatable bonds is 3. The number of carbonyl (C=O) groups excluding carboxylic acids is 1. The van der Waals surface area contributed by atoms with E-state index in [1.165, 1.54) is 11.3 Å². The lowest BCUT2D eigenvalue weighted by molar-refractivity contribution is 0.0478. The fraction of sp³-hybridized carbons (Fsp3) is 0.154. The molecule has 0 amide bonds. The van der Waals surface area contributed by atoms with Crippen LogP contribution in [0, 0.1) is 6.92 Å². The number of aryl methyl sites for hydroxylation is 1. The summed E-state index contributed by atoms with van der Waals surface area (Å²) >= 11 is 13.4. The fourth-order valence-electron chi connectivity index (χ4n) is 1.46. The third-order valence-electron chi connectivity index (χ3n) is 2.46. The van der Waals surface area contributed by atoms with Gasteiger partial charge >= 0.3 is 5.97 Å². The van der Waals surface area contributed by atoms with Crippen molar-refractivity contribution in [3.8, 4) is 0 Å². The van der Waals surface area contributed by atoms with Gasteiger partial charge in [0.2, 0.25) is 0 Å². The molecule has 2 rings (SSSR count). The lowest BCUT2D eigenvalue weighted by Gasteiger charge is -2.07. The first-order valence-electron chi connectivity index (χ1n) is 5.23. The van der Waals surface area contributed by atoms with Crippen molar-refractivity contribution in [3.05, 3.63) is 55.7 Å². The number of hydrogen-bond donors (Lipinski definition) is 0. The van der Waals surface area contributed by atoms with E-state index in [4.69, 9.17) is 27.9 Å². The monoisotopic (exact) mass is 300 g/mol.